The molecule has 620 valence electrons. The number of fused-ring (bicyclic) bond motifs is 3. The summed E-state index contributed by atoms with van der Waals surface area (Å²) >= 11 is 12.6. The van der Waals surface area contributed by atoms with Gasteiger partial charge >= 0.3 is 30.1 Å². The van der Waals surface area contributed by atoms with Crippen LogP contribution in [0.4, 0.5) is 9.59 Å². The number of esters is 3. The molecule has 5 amide bonds. The van der Waals surface area contributed by atoms with Crippen molar-refractivity contribution in [3.05, 3.63) is 141 Å². The zero-order valence-corrected chi connectivity index (χ0v) is 67.2. The minimum Gasteiger partial charge on any atom is -0.508 e. The summed E-state index contributed by atoms with van der Waals surface area (Å²) < 4.78 is 32.3. The van der Waals surface area contributed by atoms with E-state index in [2.05, 4.69) is 15.5 Å². The summed E-state index contributed by atoms with van der Waals surface area (Å²) in [4.78, 5) is 125. The van der Waals surface area contributed by atoms with Gasteiger partial charge in [-0.25, -0.2) is 24.0 Å². The van der Waals surface area contributed by atoms with E-state index in [-0.39, 0.29) is 138 Å². The Hall–Kier alpha value is -10.8. The molecule has 6 aliphatic rings. The molecule has 3 fully saturated rings. The molecule has 2 atom stereocenters. The number of aromatic hydroxyl groups is 6. The fraction of sp³-hybridized carbons (Fsp3) is 0.494. The monoisotopic (exact) mass is 1630 g/mol. The standard InChI is InChI=1S/2C28H36ClN3O8.C25H32N2O7/c2*1-28(2,3)40-27(37)32-13-11-31(12-14-32)23(35)18-39-30-19-10-8-6-4-5-7-9-15-38-26(36)24-20(16-19)25(29)22(34)17-21(24)33;1-17-14-27(15-18(2)34-17)23(30)16-33-26-20-9-7-5-3-4-6-8-10-32-25(31)24-19(11-20)12-21(28)13-22(24)29/h2*5,7-8,10,17,33-34H,4,6,9,11-16,18H2,1-3H3;4,6-7,9,12-13,17-18,28-29H,3,5,8,10-11,14-16H2,1-2H3/b7-5+,10-8+,30-19+;7-5+,10-8+,30-19-;6-4+,9-7+,26-20+. The lowest BCUT2D eigenvalue weighted by Gasteiger charge is -2.35. The van der Waals surface area contributed by atoms with E-state index in [1.807, 2.05) is 68.5 Å². The molecule has 0 aliphatic carbocycles. The van der Waals surface area contributed by atoms with E-state index in [9.17, 15) is 69.0 Å². The van der Waals surface area contributed by atoms with E-state index < -0.39 is 64.3 Å². The van der Waals surface area contributed by atoms with Crippen LogP contribution in [-0.4, -0.2) is 249 Å². The van der Waals surface area contributed by atoms with Crippen molar-refractivity contribution < 1.29 is 112 Å². The molecule has 6 heterocycles. The third kappa shape index (κ3) is 29.6. The van der Waals surface area contributed by atoms with Crippen molar-refractivity contribution in [2.75, 3.05) is 105 Å². The molecule has 9 rings (SSSR count). The third-order valence-corrected chi connectivity index (χ3v) is 18.3. The number of allylic oxidation sites excluding steroid dienone is 9. The number of cyclic esters (lactones) is 3. The van der Waals surface area contributed by atoms with Crippen LogP contribution in [0.1, 0.15) is 161 Å². The second-order valence-corrected chi connectivity index (χ2v) is 29.9. The molecule has 3 saturated heterocycles. The van der Waals surface area contributed by atoms with Gasteiger partial charge in [0, 0.05) is 103 Å². The number of rotatable bonds is 9. The predicted octanol–water partition coefficient (Wildman–Crippen LogP) is 11.5. The van der Waals surface area contributed by atoms with Crippen molar-refractivity contribution in [3.8, 4) is 34.5 Å². The van der Waals surface area contributed by atoms with Crippen molar-refractivity contribution >= 4 is 88.2 Å². The molecule has 6 aliphatic heterocycles. The minimum atomic E-state index is -0.787. The number of benzene rings is 3. The minimum absolute atomic E-state index is 0.0349. The summed E-state index contributed by atoms with van der Waals surface area (Å²) in [5, 5.41) is 73.6. The van der Waals surface area contributed by atoms with E-state index in [0.717, 1.165) is 43.9 Å². The molecule has 2 unspecified atom stereocenters. The smallest absolute Gasteiger partial charge is 0.410 e. The van der Waals surface area contributed by atoms with Crippen LogP contribution in [0.5, 0.6) is 34.5 Å². The lowest BCUT2D eigenvalue weighted by Crippen LogP contribution is -2.52. The Kier molecular flexibility index (Phi) is 35.4. The van der Waals surface area contributed by atoms with Gasteiger partial charge in [-0.2, -0.15) is 0 Å². The average Bonchev–Trinajstić information content (AvgIpc) is 0.799. The molecule has 0 spiro atoms. The number of carbonyl (C=O) groups excluding carboxylic acids is 8. The number of piperazine rings is 2. The third-order valence-electron chi connectivity index (χ3n) is 17.5. The van der Waals surface area contributed by atoms with Gasteiger partial charge in [-0.1, -0.05) is 93.4 Å². The number of amides is 5. The zero-order valence-electron chi connectivity index (χ0n) is 65.6. The first kappa shape index (κ1) is 90.4. The van der Waals surface area contributed by atoms with E-state index in [1.165, 1.54) is 6.07 Å². The summed E-state index contributed by atoms with van der Waals surface area (Å²) in [6.07, 6.45) is 27.5. The summed E-state index contributed by atoms with van der Waals surface area (Å²) in [5.41, 5.74) is 0.0322. The maximum absolute atomic E-state index is 12.8. The Labute approximate surface area is 672 Å². The molecular weight excluding hydrogens is 1520 g/mol. The highest BCUT2D eigenvalue weighted by molar-refractivity contribution is 6.34. The van der Waals surface area contributed by atoms with Crippen molar-refractivity contribution in [1.82, 2.24) is 24.5 Å². The first-order valence-electron chi connectivity index (χ1n) is 37.7. The van der Waals surface area contributed by atoms with Gasteiger partial charge in [-0.05, 0) is 154 Å². The fourth-order valence-corrected chi connectivity index (χ4v) is 12.5. The summed E-state index contributed by atoms with van der Waals surface area (Å²) in [6.45, 7) is 17.7. The van der Waals surface area contributed by atoms with Crippen LogP contribution >= 0.6 is 23.2 Å². The second-order valence-electron chi connectivity index (χ2n) is 29.1. The Bertz CT molecular complexity index is 3970. The highest BCUT2D eigenvalue weighted by Gasteiger charge is 2.33. The Morgan fingerprint density at radius 1 is 0.421 bits per heavy atom. The van der Waals surface area contributed by atoms with Crippen molar-refractivity contribution in [2.24, 2.45) is 15.5 Å². The second kappa shape index (κ2) is 44.6. The summed E-state index contributed by atoms with van der Waals surface area (Å²) in [7, 11) is 0. The Balaban J connectivity index is 0.000000238. The maximum atomic E-state index is 12.8. The average molecular weight is 1630 g/mol. The van der Waals surface area contributed by atoms with Crippen molar-refractivity contribution in [2.45, 2.75) is 156 Å². The molecular formula is C81H104Cl2N8O23. The molecule has 0 saturated carbocycles. The number of carbonyl (C=O) groups is 8. The fourth-order valence-electron chi connectivity index (χ4n) is 12.0. The predicted molar refractivity (Wildman–Crippen MR) is 423 cm³/mol. The molecule has 0 aromatic heterocycles. The number of phenols is 6. The zero-order chi connectivity index (χ0) is 83.1. The van der Waals surface area contributed by atoms with Gasteiger partial charge in [0.25, 0.3) is 17.7 Å². The molecule has 0 radical (unpaired) electrons. The lowest BCUT2D eigenvalue weighted by molar-refractivity contribution is -0.147. The quantitative estimate of drug-likeness (QED) is 0.0501. The molecule has 6 N–H and O–H groups in total. The van der Waals surface area contributed by atoms with Gasteiger partial charge < -0.3 is 98.1 Å². The van der Waals surface area contributed by atoms with E-state index >= 15 is 0 Å². The number of oxime groups is 3. The highest BCUT2D eigenvalue weighted by atomic mass is 35.5. The lowest BCUT2D eigenvalue weighted by atomic mass is 9.99. The SMILES string of the molecule is CC(C)(C)OC(=O)N1CCN(C(=O)CO/N=C2/C=C/CC/C=C/CCOC(=O)c3c(O)cc(O)c(Cl)c3C2)CC1.CC(C)(C)OC(=O)N1CCN(C(=O)CO/N=C2\C=C\CC/C=C/CCOC(=O)c3c(O)cc(O)c(Cl)c3C2)CC1.CC1CN(C(=O)CO/N=C2\C=C\CC/C=C/CCOC(=O)c3c(O)cc(O)cc3C2)CC(C)O1. The van der Waals surface area contributed by atoms with Crippen LogP contribution < -0.4 is 0 Å². The normalized spacial score (nSPS) is 21.3. The van der Waals surface area contributed by atoms with Crippen LogP contribution in [0.15, 0.2) is 113 Å². The summed E-state index contributed by atoms with van der Waals surface area (Å²) in [6, 6.07) is 4.44. The van der Waals surface area contributed by atoms with Crippen LogP contribution in [0.3, 0.4) is 0 Å². The van der Waals surface area contributed by atoms with Gasteiger partial charge in [0.15, 0.2) is 19.8 Å². The number of nitrogens with zero attached hydrogens (tertiary/aromatic N) is 8. The van der Waals surface area contributed by atoms with Crippen LogP contribution in [-0.2, 0) is 76.6 Å². The molecule has 33 heteroatoms. The highest BCUT2D eigenvalue weighted by Crippen LogP contribution is 2.39. The van der Waals surface area contributed by atoms with Crippen LogP contribution in [0, 0.1) is 0 Å². The largest absolute Gasteiger partial charge is 0.508 e. The van der Waals surface area contributed by atoms with Gasteiger partial charge in [0.05, 0.1) is 59.2 Å². The Morgan fingerprint density at radius 3 is 1.11 bits per heavy atom. The topological polar surface area (TPSA) is 394 Å². The summed E-state index contributed by atoms with van der Waals surface area (Å²) in [5.74, 6) is -5.40. The molecule has 3 aromatic rings. The van der Waals surface area contributed by atoms with Crippen LogP contribution in [0.25, 0.3) is 0 Å². The molecule has 31 nitrogen and oxygen atoms in total. The first-order chi connectivity index (χ1) is 54.2. The first-order valence-corrected chi connectivity index (χ1v) is 38.5. The number of phenolic OH excluding ortho intramolecular Hbond substituents is 6. The van der Waals surface area contributed by atoms with Gasteiger partial charge in [-0.15, -0.1) is 0 Å². The van der Waals surface area contributed by atoms with Crippen molar-refractivity contribution in [3.63, 3.8) is 0 Å². The van der Waals surface area contributed by atoms with Gasteiger partial charge in [0.2, 0.25) is 0 Å². The maximum Gasteiger partial charge on any atom is 0.410 e. The molecule has 114 heavy (non-hydrogen) atoms. The van der Waals surface area contributed by atoms with Crippen molar-refractivity contribution in [1.29, 1.82) is 0 Å². The number of halogens is 2. The van der Waals surface area contributed by atoms with E-state index in [1.54, 1.807) is 84.3 Å². The van der Waals surface area contributed by atoms with Gasteiger partial charge in [-0.3, -0.25) is 14.4 Å². The number of hydrogen-bond donors (Lipinski definition) is 6. The number of hydrogen-bond acceptors (Lipinski definition) is 26. The molecule has 3 aromatic carbocycles. The number of morpholine rings is 1. The molecule has 0 bridgehead atoms. The van der Waals surface area contributed by atoms with Gasteiger partial charge in [0.1, 0.15) is 62.4 Å². The number of ether oxygens (including phenoxy) is 6. The Morgan fingerprint density at radius 2 is 0.737 bits per heavy atom. The van der Waals surface area contributed by atoms with Crippen LogP contribution in [0.2, 0.25) is 10.0 Å². The van der Waals surface area contributed by atoms with E-state index in [4.69, 9.17) is 66.1 Å². The van der Waals surface area contributed by atoms with E-state index in [0.29, 0.717) is 120 Å².